The summed E-state index contributed by atoms with van der Waals surface area (Å²) in [6.07, 6.45) is 0. The van der Waals surface area contributed by atoms with Crippen LogP contribution in [0.3, 0.4) is 0 Å². The predicted octanol–water partition coefficient (Wildman–Crippen LogP) is 2.46. The van der Waals surface area contributed by atoms with Gasteiger partial charge in [-0.2, -0.15) is 0 Å². The summed E-state index contributed by atoms with van der Waals surface area (Å²) in [7, 11) is 1.85. The second-order valence-electron chi connectivity index (χ2n) is 7.01. The van der Waals surface area contributed by atoms with E-state index in [1.54, 1.807) is 12.1 Å². The summed E-state index contributed by atoms with van der Waals surface area (Å²) in [5.41, 5.74) is 1.81. The van der Waals surface area contributed by atoms with Crippen molar-refractivity contribution in [3.63, 3.8) is 0 Å². The van der Waals surface area contributed by atoms with E-state index in [1.807, 2.05) is 30.1 Å². The molecule has 0 aromatic heterocycles. The minimum atomic E-state index is -0.230. The Balaban J connectivity index is 1.40. The summed E-state index contributed by atoms with van der Waals surface area (Å²) < 4.78 is 21.8. The highest BCUT2D eigenvalue weighted by Gasteiger charge is 2.21. The lowest BCUT2D eigenvalue weighted by atomic mass is 10.1. The highest BCUT2D eigenvalue weighted by atomic mass is 16.7. The SMILES string of the molecule is CC(=O)c1cc2c(cc1NC(=O)CN(C)Cc1ccc3c(c1)OCCO3)OCO2. The van der Waals surface area contributed by atoms with Crippen LogP contribution in [0, 0.1) is 0 Å². The van der Waals surface area contributed by atoms with Gasteiger partial charge in [0.05, 0.1) is 12.2 Å². The van der Waals surface area contributed by atoms with Crippen LogP contribution in [0.4, 0.5) is 5.69 Å². The van der Waals surface area contributed by atoms with Gasteiger partial charge in [-0.15, -0.1) is 0 Å². The normalized spacial score (nSPS) is 14.0. The Morgan fingerprint density at radius 1 is 0.966 bits per heavy atom. The van der Waals surface area contributed by atoms with E-state index in [4.69, 9.17) is 18.9 Å². The number of fused-ring (bicyclic) bond motifs is 2. The van der Waals surface area contributed by atoms with Crippen molar-refractivity contribution in [3.05, 3.63) is 41.5 Å². The molecule has 2 aliphatic heterocycles. The fraction of sp³-hybridized carbons (Fsp3) is 0.333. The van der Waals surface area contributed by atoms with Crippen LogP contribution < -0.4 is 24.3 Å². The standard InChI is InChI=1S/C21H22N2O6/c1-13(24)15-8-19-20(29-12-28-19)9-16(15)22-21(25)11-23(2)10-14-3-4-17-18(7-14)27-6-5-26-17/h3-4,7-9H,5-6,10-12H2,1-2H3,(H,22,25). The van der Waals surface area contributed by atoms with Crippen LogP contribution in [0.5, 0.6) is 23.0 Å². The van der Waals surface area contributed by atoms with Gasteiger partial charge in [0.25, 0.3) is 0 Å². The molecule has 2 aromatic rings. The maximum absolute atomic E-state index is 12.5. The summed E-state index contributed by atoms with van der Waals surface area (Å²) in [6, 6.07) is 8.97. The Bertz CT molecular complexity index is 958. The Morgan fingerprint density at radius 2 is 1.66 bits per heavy atom. The quantitative estimate of drug-likeness (QED) is 0.748. The minimum Gasteiger partial charge on any atom is -0.486 e. The number of likely N-dealkylation sites (N-methyl/N-ethyl adjacent to an activating group) is 1. The molecule has 1 N–H and O–H groups in total. The number of nitrogens with zero attached hydrogens (tertiary/aromatic N) is 1. The van der Waals surface area contributed by atoms with Gasteiger partial charge in [0.2, 0.25) is 12.7 Å². The molecule has 152 valence electrons. The van der Waals surface area contributed by atoms with Crippen LogP contribution in [0.1, 0.15) is 22.8 Å². The molecule has 0 radical (unpaired) electrons. The van der Waals surface area contributed by atoms with Crippen molar-refractivity contribution in [1.82, 2.24) is 4.90 Å². The lowest BCUT2D eigenvalue weighted by molar-refractivity contribution is -0.117. The van der Waals surface area contributed by atoms with Gasteiger partial charge in [-0.05, 0) is 37.7 Å². The monoisotopic (exact) mass is 398 g/mol. The van der Waals surface area contributed by atoms with Crippen LogP contribution in [-0.2, 0) is 11.3 Å². The molecule has 1 amide bonds. The van der Waals surface area contributed by atoms with Crippen molar-refractivity contribution >= 4 is 17.4 Å². The highest BCUT2D eigenvalue weighted by Crippen LogP contribution is 2.37. The van der Waals surface area contributed by atoms with E-state index in [1.165, 1.54) is 6.92 Å². The fourth-order valence-corrected chi connectivity index (χ4v) is 3.33. The zero-order chi connectivity index (χ0) is 20.4. The van der Waals surface area contributed by atoms with Crippen LogP contribution in [0.2, 0.25) is 0 Å². The number of hydrogen-bond donors (Lipinski definition) is 1. The van der Waals surface area contributed by atoms with Crippen LogP contribution in [-0.4, -0.2) is 50.2 Å². The Hall–Kier alpha value is -3.26. The van der Waals surface area contributed by atoms with Gasteiger partial charge in [0, 0.05) is 18.2 Å². The first kappa shape index (κ1) is 19.1. The van der Waals surface area contributed by atoms with Crippen LogP contribution >= 0.6 is 0 Å². The molecule has 0 saturated carbocycles. The maximum atomic E-state index is 12.5. The number of ether oxygens (including phenoxy) is 4. The number of Topliss-reactive ketones (excluding diaryl/α,β-unsaturated/α-hetero) is 1. The molecule has 0 aliphatic carbocycles. The van der Waals surface area contributed by atoms with E-state index in [0.717, 1.165) is 17.1 Å². The lowest BCUT2D eigenvalue weighted by Gasteiger charge is -2.21. The molecule has 0 bridgehead atoms. The van der Waals surface area contributed by atoms with Crippen molar-refractivity contribution < 1.29 is 28.5 Å². The Morgan fingerprint density at radius 3 is 2.41 bits per heavy atom. The van der Waals surface area contributed by atoms with E-state index >= 15 is 0 Å². The van der Waals surface area contributed by atoms with E-state index in [0.29, 0.717) is 42.5 Å². The largest absolute Gasteiger partial charge is 0.486 e. The molecule has 0 saturated heterocycles. The molecule has 0 fully saturated rings. The van der Waals surface area contributed by atoms with Crippen molar-refractivity contribution in [3.8, 4) is 23.0 Å². The molecule has 0 spiro atoms. The van der Waals surface area contributed by atoms with Gasteiger partial charge in [-0.1, -0.05) is 6.07 Å². The van der Waals surface area contributed by atoms with E-state index in [9.17, 15) is 9.59 Å². The zero-order valence-corrected chi connectivity index (χ0v) is 16.3. The zero-order valence-electron chi connectivity index (χ0n) is 16.3. The van der Waals surface area contributed by atoms with Gasteiger partial charge in [-0.3, -0.25) is 14.5 Å². The van der Waals surface area contributed by atoms with Crippen molar-refractivity contribution in [1.29, 1.82) is 0 Å². The number of carbonyl (C=O) groups excluding carboxylic acids is 2. The van der Waals surface area contributed by atoms with Crippen LogP contribution in [0.25, 0.3) is 0 Å². The van der Waals surface area contributed by atoms with Crippen LogP contribution in [0.15, 0.2) is 30.3 Å². The third kappa shape index (κ3) is 4.27. The van der Waals surface area contributed by atoms with E-state index in [-0.39, 0.29) is 25.0 Å². The summed E-state index contributed by atoms with van der Waals surface area (Å²) in [6.45, 7) is 3.34. The molecule has 4 rings (SSSR count). The van der Waals surface area contributed by atoms with Gasteiger partial charge in [0.15, 0.2) is 28.8 Å². The molecule has 29 heavy (non-hydrogen) atoms. The van der Waals surface area contributed by atoms with Crippen molar-refractivity contribution in [2.24, 2.45) is 0 Å². The number of nitrogens with one attached hydrogen (secondary N) is 1. The van der Waals surface area contributed by atoms with Gasteiger partial charge >= 0.3 is 0 Å². The molecule has 2 aromatic carbocycles. The molecular formula is C21H22N2O6. The first-order valence-electron chi connectivity index (χ1n) is 9.31. The van der Waals surface area contributed by atoms with Gasteiger partial charge in [0.1, 0.15) is 13.2 Å². The van der Waals surface area contributed by atoms with E-state index in [2.05, 4.69) is 5.32 Å². The molecule has 0 atom stereocenters. The number of ketones is 1. The molecule has 8 nitrogen and oxygen atoms in total. The fourth-order valence-electron chi connectivity index (χ4n) is 3.33. The molecular weight excluding hydrogens is 376 g/mol. The number of rotatable bonds is 6. The predicted molar refractivity (Wildman–Crippen MR) is 105 cm³/mol. The van der Waals surface area contributed by atoms with E-state index < -0.39 is 0 Å². The second kappa shape index (κ2) is 8.00. The summed E-state index contributed by atoms with van der Waals surface area (Å²) >= 11 is 0. The summed E-state index contributed by atoms with van der Waals surface area (Å²) in [4.78, 5) is 26.4. The first-order chi connectivity index (χ1) is 14.0. The smallest absolute Gasteiger partial charge is 0.238 e. The number of anilines is 1. The van der Waals surface area contributed by atoms with Crippen molar-refractivity contribution in [2.45, 2.75) is 13.5 Å². The number of amides is 1. The average molecular weight is 398 g/mol. The van der Waals surface area contributed by atoms with Gasteiger partial charge < -0.3 is 24.3 Å². The average Bonchev–Trinajstić information content (AvgIpc) is 3.14. The highest BCUT2D eigenvalue weighted by molar-refractivity contribution is 6.05. The topological polar surface area (TPSA) is 86.3 Å². The minimum absolute atomic E-state index is 0.0996. The third-order valence-corrected chi connectivity index (χ3v) is 4.64. The third-order valence-electron chi connectivity index (χ3n) is 4.64. The second-order valence-corrected chi connectivity index (χ2v) is 7.01. The molecule has 2 heterocycles. The Kier molecular flexibility index (Phi) is 5.26. The summed E-state index contributed by atoms with van der Waals surface area (Å²) in [5, 5.41) is 2.81. The molecule has 2 aliphatic rings. The number of hydrogen-bond acceptors (Lipinski definition) is 7. The number of carbonyl (C=O) groups is 2. The maximum Gasteiger partial charge on any atom is 0.238 e. The Labute approximate surface area is 168 Å². The molecule has 0 unspecified atom stereocenters. The number of benzene rings is 2. The first-order valence-corrected chi connectivity index (χ1v) is 9.31. The van der Waals surface area contributed by atoms with Gasteiger partial charge in [-0.25, -0.2) is 0 Å². The lowest BCUT2D eigenvalue weighted by Crippen LogP contribution is -2.30. The molecule has 8 heteroatoms. The van der Waals surface area contributed by atoms with Crippen molar-refractivity contribution in [2.75, 3.05) is 38.9 Å². The summed E-state index contributed by atoms with van der Waals surface area (Å²) in [5.74, 6) is 2.08.